The van der Waals surface area contributed by atoms with Crippen LogP contribution in [0.4, 0.5) is 18.9 Å². The lowest BCUT2D eigenvalue weighted by atomic mass is 10.2. The molecule has 0 aliphatic rings. The first-order chi connectivity index (χ1) is 9.22. The third kappa shape index (κ3) is 3.86. The molecule has 4 nitrogen and oxygen atoms in total. The van der Waals surface area contributed by atoms with Gasteiger partial charge in [-0.05, 0) is 30.7 Å². The van der Waals surface area contributed by atoms with Gasteiger partial charge in [-0.1, -0.05) is 6.92 Å². The van der Waals surface area contributed by atoms with E-state index in [0.29, 0.717) is 12.3 Å². The largest absolute Gasteiger partial charge is 0.501 e. The third-order valence-corrected chi connectivity index (χ3v) is 4.20. The lowest BCUT2D eigenvalue weighted by molar-refractivity contribution is -0.0436. The van der Waals surface area contributed by atoms with Crippen molar-refractivity contribution in [3.63, 3.8) is 0 Å². The van der Waals surface area contributed by atoms with Crippen LogP contribution in [0.2, 0.25) is 0 Å². The van der Waals surface area contributed by atoms with Gasteiger partial charge in [-0.15, -0.1) is 0 Å². The van der Waals surface area contributed by atoms with Crippen molar-refractivity contribution >= 4 is 15.5 Å². The first-order valence-corrected chi connectivity index (χ1v) is 7.37. The van der Waals surface area contributed by atoms with Gasteiger partial charge in [0.25, 0.3) is 9.84 Å². The van der Waals surface area contributed by atoms with E-state index in [1.54, 1.807) is 7.11 Å². The molecule has 0 saturated carbocycles. The molecule has 0 saturated heterocycles. The van der Waals surface area contributed by atoms with E-state index in [1.165, 1.54) is 12.1 Å². The number of halogens is 3. The zero-order valence-electron chi connectivity index (χ0n) is 11.1. The van der Waals surface area contributed by atoms with Gasteiger partial charge in [-0.25, -0.2) is 8.42 Å². The summed E-state index contributed by atoms with van der Waals surface area (Å²) >= 11 is 0. The number of alkyl halides is 3. The summed E-state index contributed by atoms with van der Waals surface area (Å²) in [6, 6.07) is 4.48. The van der Waals surface area contributed by atoms with Crippen molar-refractivity contribution in [2.75, 3.05) is 19.0 Å². The molecule has 1 atom stereocenters. The Morgan fingerprint density at radius 3 is 2.20 bits per heavy atom. The summed E-state index contributed by atoms with van der Waals surface area (Å²) in [6.07, 6.45) is 0.760. The summed E-state index contributed by atoms with van der Waals surface area (Å²) in [6.45, 7) is 2.37. The molecule has 1 rings (SSSR count). The van der Waals surface area contributed by atoms with Gasteiger partial charge in [0.15, 0.2) is 0 Å². The maximum atomic E-state index is 12.4. The molecule has 1 unspecified atom stereocenters. The molecule has 20 heavy (non-hydrogen) atoms. The van der Waals surface area contributed by atoms with Gasteiger partial charge in [-0.2, -0.15) is 13.2 Å². The Balaban J connectivity index is 2.90. The molecule has 1 aromatic rings. The Kier molecular flexibility index (Phi) is 5.41. The van der Waals surface area contributed by atoms with Gasteiger partial charge in [0.1, 0.15) is 0 Å². The van der Waals surface area contributed by atoms with Crippen LogP contribution in [-0.4, -0.2) is 33.7 Å². The van der Waals surface area contributed by atoms with Crippen molar-refractivity contribution in [1.29, 1.82) is 0 Å². The molecule has 0 aliphatic heterocycles. The van der Waals surface area contributed by atoms with E-state index in [0.717, 1.165) is 18.6 Å². The fraction of sp³-hybridized carbons (Fsp3) is 0.500. The molecular formula is C12H16F3NO3S. The Hall–Kier alpha value is -1.28. The molecule has 1 aromatic carbocycles. The van der Waals surface area contributed by atoms with Crippen LogP contribution in [0.15, 0.2) is 29.2 Å². The summed E-state index contributed by atoms with van der Waals surface area (Å²) in [7, 11) is -3.74. The molecule has 0 bridgehead atoms. The second-order valence-corrected chi connectivity index (χ2v) is 6.12. The summed E-state index contributed by atoms with van der Waals surface area (Å²) in [5.74, 6) is 0. The number of hydrogen-bond donors (Lipinski definition) is 1. The Labute approximate surface area is 115 Å². The van der Waals surface area contributed by atoms with Crippen molar-refractivity contribution in [3.05, 3.63) is 24.3 Å². The maximum absolute atomic E-state index is 12.4. The monoisotopic (exact) mass is 311 g/mol. The summed E-state index contributed by atoms with van der Waals surface area (Å²) in [5, 5.41) is 3.05. The highest BCUT2D eigenvalue weighted by Gasteiger charge is 2.46. The van der Waals surface area contributed by atoms with Crippen LogP contribution in [0.5, 0.6) is 0 Å². The maximum Gasteiger partial charge on any atom is 0.501 e. The zero-order valence-corrected chi connectivity index (χ0v) is 11.9. The molecule has 0 radical (unpaired) electrons. The highest BCUT2D eigenvalue weighted by Crippen LogP contribution is 2.30. The van der Waals surface area contributed by atoms with Gasteiger partial charge in [0.2, 0.25) is 0 Å². The molecule has 1 N–H and O–H groups in total. The molecule has 0 amide bonds. The first-order valence-electron chi connectivity index (χ1n) is 5.89. The van der Waals surface area contributed by atoms with Gasteiger partial charge < -0.3 is 10.1 Å². The van der Waals surface area contributed by atoms with Crippen LogP contribution in [0.25, 0.3) is 0 Å². The SMILES string of the molecule is CCC(COC)Nc1ccc(S(=O)(=O)C(F)(F)F)cc1. The summed E-state index contributed by atoms with van der Waals surface area (Å²) < 4.78 is 64.4. The minimum absolute atomic E-state index is 0.00470. The fourth-order valence-electron chi connectivity index (χ4n) is 1.56. The number of hydrogen-bond acceptors (Lipinski definition) is 4. The minimum Gasteiger partial charge on any atom is -0.383 e. The zero-order chi connectivity index (χ0) is 15.4. The molecule has 0 aromatic heterocycles. The average molecular weight is 311 g/mol. The number of nitrogens with one attached hydrogen (secondary N) is 1. The van der Waals surface area contributed by atoms with E-state index in [-0.39, 0.29) is 6.04 Å². The average Bonchev–Trinajstić information content (AvgIpc) is 2.37. The van der Waals surface area contributed by atoms with Crippen molar-refractivity contribution in [2.24, 2.45) is 0 Å². The van der Waals surface area contributed by atoms with Gasteiger partial charge in [0.05, 0.1) is 11.5 Å². The number of rotatable bonds is 6. The van der Waals surface area contributed by atoms with Gasteiger partial charge in [0, 0.05) is 18.8 Å². The van der Waals surface area contributed by atoms with E-state index < -0.39 is 20.2 Å². The summed E-state index contributed by atoms with van der Waals surface area (Å²) in [4.78, 5) is -0.768. The lowest BCUT2D eigenvalue weighted by Gasteiger charge is -2.17. The number of ether oxygens (including phenoxy) is 1. The van der Waals surface area contributed by atoms with E-state index in [1.807, 2.05) is 6.92 Å². The van der Waals surface area contributed by atoms with Crippen LogP contribution in [0, 0.1) is 0 Å². The number of anilines is 1. The van der Waals surface area contributed by atoms with E-state index in [2.05, 4.69) is 5.32 Å². The van der Waals surface area contributed by atoms with Crippen molar-refractivity contribution in [1.82, 2.24) is 0 Å². The van der Waals surface area contributed by atoms with E-state index in [4.69, 9.17) is 4.74 Å². The molecule has 0 heterocycles. The number of methoxy groups -OCH3 is 1. The quantitative estimate of drug-likeness (QED) is 0.878. The molecule has 0 spiro atoms. The minimum atomic E-state index is -5.29. The van der Waals surface area contributed by atoms with Crippen LogP contribution >= 0.6 is 0 Å². The molecule has 8 heteroatoms. The van der Waals surface area contributed by atoms with Crippen LogP contribution in [0.3, 0.4) is 0 Å². The second-order valence-electron chi connectivity index (χ2n) is 4.18. The third-order valence-electron chi connectivity index (χ3n) is 2.70. The fourth-order valence-corrected chi connectivity index (χ4v) is 2.32. The van der Waals surface area contributed by atoms with Crippen LogP contribution in [-0.2, 0) is 14.6 Å². The van der Waals surface area contributed by atoms with Gasteiger partial charge >= 0.3 is 5.51 Å². The molecule has 0 aliphatic carbocycles. The number of benzene rings is 1. The van der Waals surface area contributed by atoms with Crippen LogP contribution in [0.1, 0.15) is 13.3 Å². The number of sulfone groups is 1. The Morgan fingerprint density at radius 2 is 1.80 bits per heavy atom. The highest BCUT2D eigenvalue weighted by molar-refractivity contribution is 7.92. The lowest BCUT2D eigenvalue weighted by Crippen LogP contribution is -2.24. The van der Waals surface area contributed by atoms with Crippen LogP contribution < -0.4 is 5.32 Å². The van der Waals surface area contributed by atoms with Crippen molar-refractivity contribution < 1.29 is 26.3 Å². The normalized spacial score (nSPS) is 14.1. The Bertz CT molecular complexity index is 526. The topological polar surface area (TPSA) is 55.4 Å². The predicted molar refractivity (Wildman–Crippen MR) is 69.3 cm³/mol. The Morgan fingerprint density at radius 1 is 1.25 bits per heavy atom. The van der Waals surface area contributed by atoms with E-state index >= 15 is 0 Å². The molecular weight excluding hydrogens is 295 g/mol. The first kappa shape index (κ1) is 16.8. The van der Waals surface area contributed by atoms with Crippen molar-refractivity contribution in [3.8, 4) is 0 Å². The second kappa shape index (κ2) is 6.45. The predicted octanol–water partition coefficient (Wildman–Crippen LogP) is 2.82. The standard InChI is InChI=1S/C12H16F3NO3S/c1-3-9(8-19-2)16-10-4-6-11(7-5-10)20(17,18)12(13,14)15/h4-7,9,16H,3,8H2,1-2H3. The smallest absolute Gasteiger partial charge is 0.383 e. The molecule has 0 fully saturated rings. The van der Waals surface area contributed by atoms with E-state index in [9.17, 15) is 21.6 Å². The van der Waals surface area contributed by atoms with Gasteiger partial charge in [-0.3, -0.25) is 0 Å². The highest BCUT2D eigenvalue weighted by atomic mass is 32.2. The summed E-state index contributed by atoms with van der Waals surface area (Å²) in [5.41, 5.74) is -4.75. The van der Waals surface area contributed by atoms with Crippen molar-refractivity contribution in [2.45, 2.75) is 29.8 Å². The molecule has 114 valence electrons.